The van der Waals surface area contributed by atoms with Crippen LogP contribution in [-0.4, -0.2) is 26.4 Å². The van der Waals surface area contributed by atoms with Crippen molar-refractivity contribution < 1.29 is 20.2 Å². The molecular formula is C13H11NO4. The van der Waals surface area contributed by atoms with Gasteiger partial charge in [0.1, 0.15) is 6.04 Å². The second kappa shape index (κ2) is 3.73. The van der Waals surface area contributed by atoms with Crippen LogP contribution in [0.4, 0.5) is 0 Å². The number of hydroxylamine groups is 2. The molecule has 1 unspecified atom stereocenters. The van der Waals surface area contributed by atoms with Crippen LogP contribution in [0.2, 0.25) is 0 Å². The summed E-state index contributed by atoms with van der Waals surface area (Å²) in [7, 11) is 0. The summed E-state index contributed by atoms with van der Waals surface area (Å²) in [5, 5.41) is 29.9. The SMILES string of the molecule is Oc1cc(C2=CC3C=CC=CN3O2)cc(O)c1O. The monoisotopic (exact) mass is 245 g/mol. The van der Waals surface area contributed by atoms with E-state index in [1.807, 2.05) is 24.3 Å². The lowest BCUT2D eigenvalue weighted by Gasteiger charge is -2.20. The van der Waals surface area contributed by atoms with Gasteiger partial charge in [-0.3, -0.25) is 0 Å². The number of hydrogen-bond donors (Lipinski definition) is 3. The molecule has 2 aliphatic heterocycles. The summed E-state index contributed by atoms with van der Waals surface area (Å²) in [6.07, 6.45) is 9.35. The lowest BCUT2D eigenvalue weighted by molar-refractivity contribution is -0.0305. The average Bonchev–Trinajstić information content (AvgIpc) is 2.79. The number of nitrogens with zero attached hydrogens (tertiary/aromatic N) is 1. The minimum Gasteiger partial charge on any atom is -0.504 e. The third-order valence-electron chi connectivity index (χ3n) is 2.83. The number of rotatable bonds is 1. The van der Waals surface area contributed by atoms with Gasteiger partial charge in [-0.15, -0.1) is 0 Å². The Labute approximate surface area is 103 Å². The maximum absolute atomic E-state index is 9.47. The molecule has 1 aromatic rings. The minimum atomic E-state index is -0.533. The van der Waals surface area contributed by atoms with Crippen LogP contribution in [0.3, 0.4) is 0 Å². The fourth-order valence-electron chi connectivity index (χ4n) is 1.91. The number of fused-ring (bicyclic) bond motifs is 1. The highest BCUT2D eigenvalue weighted by Crippen LogP contribution is 2.39. The Morgan fingerprint density at radius 1 is 1.06 bits per heavy atom. The van der Waals surface area contributed by atoms with Crippen LogP contribution < -0.4 is 0 Å². The highest BCUT2D eigenvalue weighted by molar-refractivity contribution is 5.68. The van der Waals surface area contributed by atoms with Gasteiger partial charge < -0.3 is 20.2 Å². The Morgan fingerprint density at radius 2 is 1.78 bits per heavy atom. The molecule has 2 aliphatic rings. The smallest absolute Gasteiger partial charge is 0.200 e. The number of phenolic OH excluding ortho intramolecular Hbond substituents is 3. The van der Waals surface area contributed by atoms with E-state index in [2.05, 4.69) is 0 Å². The van der Waals surface area contributed by atoms with Crippen LogP contribution in [0.25, 0.3) is 5.76 Å². The van der Waals surface area contributed by atoms with Gasteiger partial charge in [-0.2, -0.15) is 0 Å². The molecule has 5 nitrogen and oxygen atoms in total. The predicted molar refractivity (Wildman–Crippen MR) is 64.4 cm³/mol. The van der Waals surface area contributed by atoms with Gasteiger partial charge in [0, 0.05) is 11.8 Å². The summed E-state index contributed by atoms with van der Waals surface area (Å²) in [5.41, 5.74) is 0.499. The molecule has 1 aromatic carbocycles. The molecule has 0 saturated carbocycles. The van der Waals surface area contributed by atoms with E-state index in [1.54, 1.807) is 11.3 Å². The topological polar surface area (TPSA) is 73.2 Å². The Balaban J connectivity index is 1.97. The molecule has 0 spiro atoms. The van der Waals surface area contributed by atoms with Gasteiger partial charge >= 0.3 is 0 Å². The zero-order valence-electron chi connectivity index (χ0n) is 9.32. The van der Waals surface area contributed by atoms with Crippen molar-refractivity contribution in [2.24, 2.45) is 0 Å². The maximum Gasteiger partial charge on any atom is 0.200 e. The van der Waals surface area contributed by atoms with E-state index in [-0.39, 0.29) is 17.5 Å². The molecule has 0 aliphatic carbocycles. The van der Waals surface area contributed by atoms with Crippen molar-refractivity contribution in [3.63, 3.8) is 0 Å². The van der Waals surface area contributed by atoms with E-state index < -0.39 is 5.75 Å². The van der Waals surface area contributed by atoms with Crippen LogP contribution in [0.15, 0.2) is 42.6 Å². The summed E-state index contributed by atoms with van der Waals surface area (Å²) in [4.78, 5) is 5.55. The van der Waals surface area contributed by atoms with Crippen molar-refractivity contribution in [1.29, 1.82) is 0 Å². The van der Waals surface area contributed by atoms with E-state index in [0.717, 1.165) is 0 Å². The third kappa shape index (κ3) is 1.57. The van der Waals surface area contributed by atoms with Crippen LogP contribution in [0.1, 0.15) is 5.56 Å². The fraction of sp³-hybridized carbons (Fsp3) is 0.0769. The molecule has 2 heterocycles. The van der Waals surface area contributed by atoms with Gasteiger partial charge in [0.15, 0.2) is 23.0 Å². The zero-order chi connectivity index (χ0) is 12.7. The predicted octanol–water partition coefficient (Wildman–Crippen LogP) is 1.84. The summed E-state index contributed by atoms with van der Waals surface area (Å²) in [6, 6.07) is 2.68. The molecule has 0 aromatic heterocycles. The highest BCUT2D eigenvalue weighted by atomic mass is 16.7. The quantitative estimate of drug-likeness (QED) is 0.658. The normalized spacial score (nSPS) is 20.6. The first-order valence-electron chi connectivity index (χ1n) is 5.43. The van der Waals surface area contributed by atoms with Gasteiger partial charge in [0.25, 0.3) is 0 Å². The van der Waals surface area contributed by atoms with Crippen molar-refractivity contribution in [3.8, 4) is 17.2 Å². The lowest BCUT2D eigenvalue weighted by Crippen LogP contribution is -2.22. The van der Waals surface area contributed by atoms with E-state index in [1.165, 1.54) is 12.1 Å². The minimum absolute atomic E-state index is 0.00286. The number of aromatic hydroxyl groups is 3. The van der Waals surface area contributed by atoms with Gasteiger partial charge in [-0.1, -0.05) is 12.2 Å². The van der Waals surface area contributed by atoms with Gasteiger partial charge in [0.2, 0.25) is 0 Å². The fourth-order valence-corrected chi connectivity index (χ4v) is 1.91. The van der Waals surface area contributed by atoms with Gasteiger partial charge in [0.05, 0.1) is 0 Å². The Hall–Kier alpha value is -2.56. The average molecular weight is 245 g/mol. The van der Waals surface area contributed by atoms with Crippen molar-refractivity contribution in [2.45, 2.75) is 6.04 Å². The molecule has 3 rings (SSSR count). The Bertz CT molecular complexity index is 566. The summed E-state index contributed by atoms with van der Waals surface area (Å²) < 4.78 is 0. The van der Waals surface area contributed by atoms with Gasteiger partial charge in [-0.05, 0) is 24.3 Å². The molecule has 0 fully saturated rings. The number of benzene rings is 1. The standard InChI is InChI=1S/C13H11NO4/c15-10-5-8(6-11(16)13(10)17)12-7-9-3-1-2-4-14(9)18-12/h1-7,9,15-17H. The lowest BCUT2D eigenvalue weighted by atomic mass is 10.1. The molecule has 92 valence electrons. The van der Waals surface area contributed by atoms with E-state index in [9.17, 15) is 15.3 Å². The molecule has 1 atom stereocenters. The van der Waals surface area contributed by atoms with Crippen molar-refractivity contribution in [2.75, 3.05) is 0 Å². The van der Waals surface area contributed by atoms with Crippen LogP contribution in [0, 0.1) is 0 Å². The molecule has 18 heavy (non-hydrogen) atoms. The maximum atomic E-state index is 9.47. The first-order chi connectivity index (χ1) is 8.65. The van der Waals surface area contributed by atoms with Crippen LogP contribution >= 0.6 is 0 Å². The molecular weight excluding hydrogens is 234 g/mol. The van der Waals surface area contributed by atoms with E-state index in [0.29, 0.717) is 11.3 Å². The molecule has 0 saturated heterocycles. The molecule has 0 radical (unpaired) electrons. The van der Waals surface area contributed by atoms with Crippen molar-refractivity contribution in [1.82, 2.24) is 5.06 Å². The Morgan fingerprint density at radius 3 is 2.44 bits per heavy atom. The largest absolute Gasteiger partial charge is 0.504 e. The number of hydrogen-bond acceptors (Lipinski definition) is 5. The first kappa shape index (κ1) is 10.6. The number of allylic oxidation sites excluding steroid dienone is 2. The third-order valence-corrected chi connectivity index (χ3v) is 2.83. The van der Waals surface area contributed by atoms with Crippen LogP contribution in [-0.2, 0) is 4.84 Å². The molecule has 5 heteroatoms. The summed E-state index contributed by atoms with van der Waals surface area (Å²) in [5.74, 6) is -0.785. The van der Waals surface area contributed by atoms with E-state index in [4.69, 9.17) is 4.84 Å². The van der Waals surface area contributed by atoms with E-state index >= 15 is 0 Å². The highest BCUT2D eigenvalue weighted by Gasteiger charge is 2.25. The zero-order valence-corrected chi connectivity index (χ0v) is 9.32. The number of phenols is 3. The first-order valence-corrected chi connectivity index (χ1v) is 5.43. The summed E-state index contributed by atoms with van der Waals surface area (Å²) >= 11 is 0. The van der Waals surface area contributed by atoms with Crippen molar-refractivity contribution >= 4 is 5.76 Å². The Kier molecular flexibility index (Phi) is 2.19. The molecule has 0 amide bonds. The van der Waals surface area contributed by atoms with Crippen LogP contribution in [0.5, 0.6) is 17.2 Å². The molecule has 0 bridgehead atoms. The second-order valence-corrected chi connectivity index (χ2v) is 4.06. The summed E-state index contributed by atoms with van der Waals surface area (Å²) in [6.45, 7) is 0. The molecule has 3 N–H and O–H groups in total. The van der Waals surface area contributed by atoms with Gasteiger partial charge in [-0.25, -0.2) is 5.06 Å². The van der Waals surface area contributed by atoms with Crippen molar-refractivity contribution in [3.05, 3.63) is 48.2 Å². The second-order valence-electron chi connectivity index (χ2n) is 4.06.